The highest BCUT2D eigenvalue weighted by molar-refractivity contribution is 5.80. The fraction of sp³-hybridized carbons (Fsp3) is 0.571. The van der Waals surface area contributed by atoms with Gasteiger partial charge >= 0.3 is 5.97 Å². The second kappa shape index (κ2) is 5.66. The highest BCUT2D eigenvalue weighted by Crippen LogP contribution is 2.29. The fourth-order valence-electron chi connectivity index (χ4n) is 2.69. The van der Waals surface area contributed by atoms with Gasteiger partial charge in [-0.05, 0) is 24.8 Å². The van der Waals surface area contributed by atoms with E-state index in [1.807, 2.05) is 13.8 Å². The first kappa shape index (κ1) is 15.2. The smallest absolute Gasteiger partial charge is 0.325 e. The van der Waals surface area contributed by atoms with E-state index in [0.29, 0.717) is 37.2 Å². The van der Waals surface area contributed by atoms with Gasteiger partial charge in [0.1, 0.15) is 17.2 Å². The summed E-state index contributed by atoms with van der Waals surface area (Å²) in [6, 6.07) is 2.19. The molecule has 1 atom stereocenters. The van der Waals surface area contributed by atoms with Gasteiger partial charge in [0, 0.05) is 13.1 Å². The minimum Gasteiger partial charge on any atom is -0.480 e. The third-order valence-corrected chi connectivity index (χ3v) is 3.97. The lowest BCUT2D eigenvalue weighted by Gasteiger charge is -2.22. The number of carbonyl (C=O) groups is 1. The maximum atomic E-state index is 11.2. The molecular weight excluding hydrogens is 270 g/mol. The first-order valence-corrected chi connectivity index (χ1v) is 7.02. The van der Waals surface area contributed by atoms with Crippen molar-refractivity contribution in [2.24, 2.45) is 5.73 Å². The maximum absolute atomic E-state index is 11.2. The van der Waals surface area contributed by atoms with E-state index in [2.05, 4.69) is 16.3 Å². The molecular formula is C14H19N5O2. The average Bonchev–Trinajstić information content (AvgIpc) is 2.89. The number of nitriles is 1. The van der Waals surface area contributed by atoms with E-state index in [0.717, 1.165) is 11.3 Å². The molecule has 21 heavy (non-hydrogen) atoms. The molecule has 0 aromatic carbocycles. The number of aryl methyl sites for hydroxylation is 1. The second-order valence-corrected chi connectivity index (χ2v) is 5.28. The zero-order valence-electron chi connectivity index (χ0n) is 12.3. The van der Waals surface area contributed by atoms with Gasteiger partial charge in [0.15, 0.2) is 5.82 Å². The topological polar surface area (TPSA) is 116 Å². The van der Waals surface area contributed by atoms with E-state index >= 15 is 0 Å². The minimum absolute atomic E-state index is 0.139. The molecule has 1 aromatic heterocycles. The van der Waals surface area contributed by atoms with Gasteiger partial charge in [-0.15, -0.1) is 5.10 Å². The van der Waals surface area contributed by atoms with Gasteiger partial charge in [0.2, 0.25) is 0 Å². The lowest BCUT2D eigenvalue weighted by molar-refractivity contribution is -0.142. The molecule has 1 saturated heterocycles. The number of hydrogen-bond acceptors (Lipinski definition) is 6. The number of aromatic nitrogens is 2. The number of carboxylic acid groups (broad SMARTS) is 1. The van der Waals surface area contributed by atoms with Crippen LogP contribution in [0.3, 0.4) is 0 Å². The van der Waals surface area contributed by atoms with Gasteiger partial charge in [0.05, 0.1) is 5.69 Å². The van der Waals surface area contributed by atoms with Gasteiger partial charge in [-0.25, -0.2) is 0 Å². The van der Waals surface area contributed by atoms with Crippen LogP contribution in [0.1, 0.15) is 37.1 Å². The van der Waals surface area contributed by atoms with Crippen molar-refractivity contribution in [1.82, 2.24) is 10.2 Å². The maximum Gasteiger partial charge on any atom is 0.325 e. The Labute approximate surface area is 123 Å². The van der Waals surface area contributed by atoms with Crippen LogP contribution in [0, 0.1) is 11.3 Å². The van der Waals surface area contributed by atoms with Crippen molar-refractivity contribution in [3.8, 4) is 6.07 Å². The lowest BCUT2D eigenvalue weighted by Crippen LogP contribution is -2.50. The molecule has 7 heteroatoms. The monoisotopic (exact) mass is 289 g/mol. The summed E-state index contributed by atoms with van der Waals surface area (Å²) in [6.07, 6.45) is 1.72. The Balaban J connectivity index is 2.43. The van der Waals surface area contributed by atoms with Crippen molar-refractivity contribution in [2.75, 3.05) is 18.0 Å². The predicted molar refractivity (Wildman–Crippen MR) is 76.9 cm³/mol. The SMILES string of the molecule is CCc1nnc(N2CCC(N)(C(=O)O)C2)c(C#N)c1CC. The van der Waals surface area contributed by atoms with Crippen LogP contribution in [0.25, 0.3) is 0 Å². The molecule has 0 aliphatic carbocycles. The molecule has 3 N–H and O–H groups in total. The summed E-state index contributed by atoms with van der Waals surface area (Å²) in [5.74, 6) is -0.586. The number of nitrogens with zero attached hydrogens (tertiary/aromatic N) is 4. The van der Waals surface area contributed by atoms with Crippen LogP contribution >= 0.6 is 0 Å². The first-order valence-electron chi connectivity index (χ1n) is 7.02. The van der Waals surface area contributed by atoms with E-state index in [4.69, 9.17) is 5.73 Å². The van der Waals surface area contributed by atoms with Crippen LogP contribution in [-0.2, 0) is 17.6 Å². The first-order chi connectivity index (χ1) is 9.96. The molecule has 112 valence electrons. The molecule has 0 spiro atoms. The van der Waals surface area contributed by atoms with Crippen LogP contribution in [0.4, 0.5) is 5.82 Å². The standard InChI is InChI=1S/C14H19N5O2/c1-3-9-10(7-15)12(18-17-11(9)4-2)19-6-5-14(16,8-19)13(20)21/h3-6,8,16H2,1-2H3,(H,20,21). The second-order valence-electron chi connectivity index (χ2n) is 5.28. The quantitative estimate of drug-likeness (QED) is 0.827. The number of rotatable bonds is 4. The van der Waals surface area contributed by atoms with Crippen molar-refractivity contribution < 1.29 is 9.90 Å². The molecule has 2 rings (SSSR count). The largest absolute Gasteiger partial charge is 0.480 e. The van der Waals surface area contributed by atoms with Crippen LogP contribution in [-0.4, -0.2) is 39.9 Å². The molecule has 0 radical (unpaired) electrons. The summed E-state index contributed by atoms with van der Waals surface area (Å²) in [4.78, 5) is 13.0. The van der Waals surface area contributed by atoms with Gasteiger partial charge in [-0.1, -0.05) is 13.8 Å². The van der Waals surface area contributed by atoms with Crippen LogP contribution in [0.2, 0.25) is 0 Å². The molecule has 0 bridgehead atoms. The predicted octanol–water partition coefficient (Wildman–Crippen LogP) is 0.465. The summed E-state index contributed by atoms with van der Waals surface area (Å²) < 4.78 is 0. The summed E-state index contributed by atoms with van der Waals surface area (Å²) in [6.45, 7) is 4.53. The van der Waals surface area contributed by atoms with Crippen molar-refractivity contribution in [1.29, 1.82) is 5.26 Å². The van der Waals surface area contributed by atoms with E-state index in [1.165, 1.54) is 0 Å². The Hall–Kier alpha value is -2.20. The molecule has 1 unspecified atom stereocenters. The Bertz CT molecular complexity index is 610. The normalized spacial score (nSPS) is 21.3. The third kappa shape index (κ3) is 2.54. The molecule has 2 heterocycles. The van der Waals surface area contributed by atoms with E-state index < -0.39 is 11.5 Å². The van der Waals surface area contributed by atoms with E-state index in [1.54, 1.807) is 4.90 Å². The molecule has 0 saturated carbocycles. The van der Waals surface area contributed by atoms with Crippen LogP contribution < -0.4 is 10.6 Å². The van der Waals surface area contributed by atoms with Crippen LogP contribution in [0.5, 0.6) is 0 Å². The molecule has 1 aromatic rings. The Morgan fingerprint density at radius 2 is 2.19 bits per heavy atom. The van der Waals surface area contributed by atoms with Crippen molar-refractivity contribution in [3.05, 3.63) is 16.8 Å². The summed E-state index contributed by atoms with van der Waals surface area (Å²) >= 11 is 0. The van der Waals surface area contributed by atoms with E-state index in [-0.39, 0.29) is 6.54 Å². The zero-order valence-corrected chi connectivity index (χ0v) is 12.3. The molecule has 1 aliphatic rings. The summed E-state index contributed by atoms with van der Waals surface area (Å²) in [5, 5.41) is 27.0. The highest BCUT2D eigenvalue weighted by Gasteiger charge is 2.42. The summed E-state index contributed by atoms with van der Waals surface area (Å²) in [7, 11) is 0. The molecule has 0 amide bonds. The fourth-order valence-corrected chi connectivity index (χ4v) is 2.69. The number of nitrogens with two attached hydrogens (primary N) is 1. The van der Waals surface area contributed by atoms with Crippen LogP contribution in [0.15, 0.2) is 0 Å². The number of anilines is 1. The van der Waals surface area contributed by atoms with E-state index in [9.17, 15) is 15.2 Å². The average molecular weight is 289 g/mol. The minimum atomic E-state index is -1.29. The van der Waals surface area contributed by atoms with Gasteiger partial charge in [0.25, 0.3) is 0 Å². The lowest BCUT2D eigenvalue weighted by atomic mass is 10.0. The molecule has 1 fully saturated rings. The molecule has 7 nitrogen and oxygen atoms in total. The van der Waals surface area contributed by atoms with Crippen molar-refractivity contribution >= 4 is 11.8 Å². The summed E-state index contributed by atoms with van der Waals surface area (Å²) in [5.41, 5.74) is 6.77. The number of hydrogen-bond donors (Lipinski definition) is 2. The Morgan fingerprint density at radius 1 is 1.48 bits per heavy atom. The highest BCUT2D eigenvalue weighted by atomic mass is 16.4. The van der Waals surface area contributed by atoms with Gasteiger partial charge in [-0.3, -0.25) is 4.79 Å². The number of carboxylic acids is 1. The molecule has 1 aliphatic heterocycles. The van der Waals surface area contributed by atoms with Gasteiger partial charge in [-0.2, -0.15) is 10.4 Å². The Morgan fingerprint density at radius 3 is 2.67 bits per heavy atom. The van der Waals surface area contributed by atoms with Crippen molar-refractivity contribution in [3.63, 3.8) is 0 Å². The van der Waals surface area contributed by atoms with Gasteiger partial charge < -0.3 is 15.7 Å². The number of aliphatic carboxylic acids is 1. The Kier molecular flexibility index (Phi) is 4.09. The third-order valence-electron chi connectivity index (χ3n) is 3.97. The zero-order chi connectivity index (χ0) is 15.6. The van der Waals surface area contributed by atoms with Crippen molar-refractivity contribution in [2.45, 2.75) is 38.6 Å².